The fourth-order valence-electron chi connectivity index (χ4n) is 3.04. The van der Waals surface area contributed by atoms with Crippen molar-refractivity contribution in [2.24, 2.45) is 0 Å². The number of carbonyl (C=O) groups excluding carboxylic acids is 1. The summed E-state index contributed by atoms with van der Waals surface area (Å²) < 4.78 is 28.0. The summed E-state index contributed by atoms with van der Waals surface area (Å²) in [6.45, 7) is 0.719. The van der Waals surface area contributed by atoms with Crippen molar-refractivity contribution in [2.75, 3.05) is 25.7 Å². The molecule has 0 saturated carbocycles. The molecule has 1 aromatic rings. The normalized spacial score (nSPS) is 18.7. The lowest BCUT2D eigenvalue weighted by molar-refractivity contribution is -0.134. The van der Waals surface area contributed by atoms with Crippen molar-refractivity contribution in [3.8, 4) is 5.75 Å². The van der Waals surface area contributed by atoms with E-state index in [4.69, 9.17) is 4.74 Å². The van der Waals surface area contributed by atoms with Crippen LogP contribution in [0.25, 0.3) is 0 Å². The molecular weight excluding hydrogens is 314 g/mol. The zero-order chi connectivity index (χ0) is 16.9. The van der Waals surface area contributed by atoms with E-state index in [1.165, 1.54) is 6.26 Å². The summed E-state index contributed by atoms with van der Waals surface area (Å²) >= 11 is 0. The fraction of sp³-hybridized carbons (Fsp3) is 0.588. The number of ether oxygens (including phenoxy) is 1. The van der Waals surface area contributed by atoms with Gasteiger partial charge in [0.25, 0.3) is 0 Å². The van der Waals surface area contributed by atoms with Gasteiger partial charge in [0.2, 0.25) is 5.91 Å². The summed E-state index contributed by atoms with van der Waals surface area (Å²) in [6.07, 6.45) is 5.03. The van der Waals surface area contributed by atoms with E-state index in [1.807, 2.05) is 29.2 Å². The Morgan fingerprint density at radius 1 is 1.35 bits per heavy atom. The molecule has 5 nitrogen and oxygen atoms in total. The number of likely N-dealkylation sites (tertiary alicyclic amines) is 1. The minimum absolute atomic E-state index is 0.0385. The van der Waals surface area contributed by atoms with Crippen LogP contribution in [-0.4, -0.2) is 50.9 Å². The summed E-state index contributed by atoms with van der Waals surface area (Å²) in [5, 5.41) is 0. The lowest BCUT2D eigenvalue weighted by Gasteiger charge is -2.36. The maximum atomic E-state index is 12.6. The first-order chi connectivity index (χ1) is 10.9. The highest BCUT2D eigenvalue weighted by Gasteiger charge is 2.27. The van der Waals surface area contributed by atoms with Crippen molar-refractivity contribution in [3.05, 3.63) is 29.8 Å². The molecule has 1 saturated heterocycles. The Labute approximate surface area is 138 Å². The molecule has 0 bridgehead atoms. The number of hydrogen-bond acceptors (Lipinski definition) is 4. The van der Waals surface area contributed by atoms with Gasteiger partial charge in [-0.15, -0.1) is 0 Å². The number of amides is 1. The molecule has 1 aliphatic rings. The van der Waals surface area contributed by atoms with Crippen molar-refractivity contribution < 1.29 is 17.9 Å². The molecule has 128 valence electrons. The van der Waals surface area contributed by atoms with Gasteiger partial charge in [0.1, 0.15) is 15.6 Å². The van der Waals surface area contributed by atoms with Crippen LogP contribution in [0.2, 0.25) is 0 Å². The molecule has 1 atom stereocenters. The first-order valence-electron chi connectivity index (χ1n) is 7.99. The van der Waals surface area contributed by atoms with Gasteiger partial charge in [-0.1, -0.05) is 12.1 Å². The lowest BCUT2D eigenvalue weighted by Crippen LogP contribution is -2.45. The van der Waals surface area contributed by atoms with E-state index in [2.05, 4.69) is 0 Å². The molecule has 2 rings (SSSR count). The molecule has 0 aromatic heterocycles. The highest BCUT2D eigenvalue weighted by atomic mass is 32.2. The van der Waals surface area contributed by atoms with Crippen LogP contribution in [0.15, 0.2) is 24.3 Å². The van der Waals surface area contributed by atoms with Gasteiger partial charge >= 0.3 is 0 Å². The minimum Gasteiger partial charge on any atom is -0.497 e. The first kappa shape index (κ1) is 17.8. The van der Waals surface area contributed by atoms with E-state index < -0.39 is 9.84 Å². The van der Waals surface area contributed by atoms with Crippen molar-refractivity contribution in [2.45, 2.75) is 38.1 Å². The number of carbonyl (C=O) groups is 1. The van der Waals surface area contributed by atoms with Crippen LogP contribution in [0.3, 0.4) is 0 Å². The third-order valence-electron chi connectivity index (χ3n) is 4.26. The van der Waals surface area contributed by atoms with E-state index >= 15 is 0 Å². The largest absolute Gasteiger partial charge is 0.497 e. The maximum absolute atomic E-state index is 12.6. The molecule has 1 fully saturated rings. The molecule has 0 radical (unpaired) electrons. The number of nitrogens with zero attached hydrogens (tertiary/aromatic N) is 1. The third kappa shape index (κ3) is 5.53. The Morgan fingerprint density at radius 2 is 2.13 bits per heavy atom. The average molecular weight is 339 g/mol. The summed E-state index contributed by atoms with van der Waals surface area (Å²) in [5.41, 5.74) is 0.918. The van der Waals surface area contributed by atoms with Crippen molar-refractivity contribution in [1.29, 1.82) is 0 Å². The average Bonchev–Trinajstić information content (AvgIpc) is 2.52. The second-order valence-electron chi connectivity index (χ2n) is 6.18. The zero-order valence-electron chi connectivity index (χ0n) is 13.8. The molecule has 1 unspecified atom stereocenters. The predicted octanol–water partition coefficient (Wildman–Crippen LogP) is 2.05. The van der Waals surface area contributed by atoms with Crippen LogP contribution in [0, 0.1) is 0 Å². The second kappa shape index (κ2) is 7.81. The predicted molar refractivity (Wildman–Crippen MR) is 90.4 cm³/mol. The summed E-state index contributed by atoms with van der Waals surface area (Å²) in [7, 11) is -1.39. The van der Waals surface area contributed by atoms with E-state index in [9.17, 15) is 13.2 Å². The second-order valence-corrected chi connectivity index (χ2v) is 8.44. The van der Waals surface area contributed by atoms with E-state index in [0.717, 1.165) is 37.1 Å². The number of hydrogen-bond donors (Lipinski definition) is 0. The van der Waals surface area contributed by atoms with Gasteiger partial charge in [0, 0.05) is 18.8 Å². The lowest BCUT2D eigenvalue weighted by atomic mass is 9.99. The molecule has 1 aromatic carbocycles. The SMILES string of the molecule is COc1cccc(CC(=O)N2CCCCC2CCS(C)(=O)=O)c1. The minimum atomic E-state index is -3.00. The molecule has 0 N–H and O–H groups in total. The summed E-state index contributed by atoms with van der Waals surface area (Å²) in [4.78, 5) is 14.5. The zero-order valence-corrected chi connectivity index (χ0v) is 14.6. The van der Waals surface area contributed by atoms with E-state index in [0.29, 0.717) is 12.8 Å². The van der Waals surface area contributed by atoms with Crippen LogP contribution >= 0.6 is 0 Å². The molecule has 0 aliphatic carbocycles. The molecule has 1 heterocycles. The smallest absolute Gasteiger partial charge is 0.227 e. The van der Waals surface area contributed by atoms with Crippen molar-refractivity contribution >= 4 is 15.7 Å². The van der Waals surface area contributed by atoms with Crippen LogP contribution < -0.4 is 4.74 Å². The van der Waals surface area contributed by atoms with Gasteiger partial charge in [-0.2, -0.15) is 0 Å². The highest BCUT2D eigenvalue weighted by Crippen LogP contribution is 2.22. The van der Waals surface area contributed by atoms with Crippen molar-refractivity contribution in [1.82, 2.24) is 4.90 Å². The monoisotopic (exact) mass is 339 g/mol. The molecule has 0 spiro atoms. The van der Waals surface area contributed by atoms with Gasteiger partial charge in [0.15, 0.2) is 0 Å². The van der Waals surface area contributed by atoms with Gasteiger partial charge in [-0.3, -0.25) is 4.79 Å². The number of methoxy groups -OCH3 is 1. The molecule has 23 heavy (non-hydrogen) atoms. The van der Waals surface area contributed by atoms with E-state index in [-0.39, 0.29) is 17.7 Å². The van der Waals surface area contributed by atoms with Gasteiger partial charge in [0.05, 0.1) is 19.3 Å². The number of sulfone groups is 1. The quantitative estimate of drug-likeness (QED) is 0.796. The van der Waals surface area contributed by atoms with Crippen molar-refractivity contribution in [3.63, 3.8) is 0 Å². The molecule has 1 amide bonds. The standard InChI is InChI=1S/C17H25NO4S/c1-22-16-8-5-6-14(12-16)13-17(19)18-10-4-3-7-15(18)9-11-23(2,20)21/h5-6,8,12,15H,3-4,7,9-11,13H2,1-2H3. The van der Waals surface area contributed by atoms with Gasteiger partial charge in [-0.25, -0.2) is 8.42 Å². The van der Waals surface area contributed by atoms with Crippen LogP contribution in [0.5, 0.6) is 5.75 Å². The number of piperidine rings is 1. The molecule has 6 heteroatoms. The topological polar surface area (TPSA) is 63.7 Å². The van der Waals surface area contributed by atoms with E-state index in [1.54, 1.807) is 7.11 Å². The summed E-state index contributed by atoms with van der Waals surface area (Å²) in [6, 6.07) is 7.54. The Bertz CT molecular complexity index is 642. The van der Waals surface area contributed by atoms with Crippen LogP contribution in [0.1, 0.15) is 31.2 Å². The van der Waals surface area contributed by atoms with Gasteiger partial charge < -0.3 is 9.64 Å². The Kier molecular flexibility index (Phi) is 6.04. The Balaban J connectivity index is 2.02. The Hall–Kier alpha value is -1.56. The number of benzene rings is 1. The highest BCUT2D eigenvalue weighted by molar-refractivity contribution is 7.90. The third-order valence-corrected chi connectivity index (χ3v) is 5.24. The van der Waals surface area contributed by atoms with Gasteiger partial charge in [-0.05, 0) is 43.4 Å². The number of rotatable bonds is 6. The summed E-state index contributed by atoms with van der Waals surface area (Å²) in [5.74, 6) is 0.944. The first-order valence-corrected chi connectivity index (χ1v) is 10.1. The molecule has 1 aliphatic heterocycles. The Morgan fingerprint density at radius 3 is 2.83 bits per heavy atom. The molecular formula is C17H25NO4S. The van der Waals surface area contributed by atoms with Crippen LogP contribution in [-0.2, 0) is 21.1 Å². The van der Waals surface area contributed by atoms with Crippen LogP contribution in [0.4, 0.5) is 0 Å². The maximum Gasteiger partial charge on any atom is 0.227 e. The fourth-order valence-corrected chi connectivity index (χ4v) is 3.74.